The van der Waals surface area contributed by atoms with E-state index in [-0.39, 0.29) is 16.2 Å². The zero-order valence-electron chi connectivity index (χ0n) is 14.7. The monoisotopic (exact) mass is 372 g/mol. The Labute approximate surface area is 133 Å². The van der Waals surface area contributed by atoms with Crippen molar-refractivity contribution in [1.29, 1.82) is 0 Å². The predicted molar refractivity (Wildman–Crippen MR) is 88.9 cm³/mol. The SMILES string of the molecule is CC(C)(C)COP(=[Se])(OCC(C)(C)C)OCC(C)(C)C. The van der Waals surface area contributed by atoms with Crippen LogP contribution in [0.15, 0.2) is 0 Å². The van der Waals surface area contributed by atoms with Crippen molar-refractivity contribution in [2.75, 3.05) is 19.8 Å². The molecule has 0 radical (unpaired) electrons. The van der Waals surface area contributed by atoms with E-state index >= 15 is 0 Å². The van der Waals surface area contributed by atoms with E-state index in [4.69, 9.17) is 13.6 Å². The maximum atomic E-state index is 6.00. The summed E-state index contributed by atoms with van der Waals surface area (Å²) in [6.45, 7) is 21.1. The summed E-state index contributed by atoms with van der Waals surface area (Å²) in [6, 6.07) is 0. The van der Waals surface area contributed by atoms with Gasteiger partial charge in [0.1, 0.15) is 0 Å². The zero-order valence-corrected chi connectivity index (χ0v) is 17.3. The standard InChI is InChI=1S/C15H33O3PSe/c1-13(2,3)10-16-19(20,17-11-14(4,5)6)18-12-15(7,8)9/h10-12H2,1-9H3. The quantitative estimate of drug-likeness (QED) is 0.485. The van der Waals surface area contributed by atoms with Crippen LogP contribution in [0.25, 0.3) is 0 Å². The maximum absolute atomic E-state index is 6.00. The summed E-state index contributed by atoms with van der Waals surface area (Å²) >= 11 is 3.05. The van der Waals surface area contributed by atoms with Crippen LogP contribution in [0.5, 0.6) is 0 Å². The third kappa shape index (κ3) is 12.6. The Balaban J connectivity index is 4.71. The molecule has 0 saturated heterocycles. The van der Waals surface area contributed by atoms with Crippen LogP contribution < -0.4 is 0 Å². The number of hydrogen-bond donors (Lipinski definition) is 0. The summed E-state index contributed by atoms with van der Waals surface area (Å²) in [5.41, 5.74) is 0.266. The Morgan fingerprint density at radius 3 is 0.950 bits per heavy atom. The molecule has 0 aromatic carbocycles. The fourth-order valence-electron chi connectivity index (χ4n) is 0.930. The molecule has 20 heavy (non-hydrogen) atoms. The Morgan fingerprint density at radius 1 is 0.600 bits per heavy atom. The van der Waals surface area contributed by atoms with Gasteiger partial charge in [-0.15, -0.1) is 0 Å². The van der Waals surface area contributed by atoms with Gasteiger partial charge < -0.3 is 0 Å². The predicted octanol–water partition coefficient (Wildman–Crippen LogP) is 5.02. The van der Waals surface area contributed by atoms with Crippen LogP contribution in [-0.2, 0) is 13.6 Å². The molecule has 0 unspecified atom stereocenters. The molecule has 0 saturated carbocycles. The molecule has 0 aromatic rings. The van der Waals surface area contributed by atoms with Crippen molar-refractivity contribution in [2.24, 2.45) is 16.2 Å². The molecule has 0 atom stereocenters. The zero-order chi connectivity index (χ0) is 16.2. The summed E-state index contributed by atoms with van der Waals surface area (Å²) in [7, 11) is 0. The van der Waals surface area contributed by atoms with Crippen LogP contribution in [0, 0.1) is 16.2 Å². The molecule has 0 N–H and O–H groups in total. The van der Waals surface area contributed by atoms with Gasteiger partial charge in [-0.25, -0.2) is 0 Å². The Bertz CT molecular complexity index is 282. The molecule has 0 bridgehead atoms. The Kier molecular flexibility index (Phi) is 7.70. The van der Waals surface area contributed by atoms with Crippen molar-refractivity contribution in [3.05, 3.63) is 0 Å². The van der Waals surface area contributed by atoms with Gasteiger partial charge in [-0.2, -0.15) is 0 Å². The molecule has 0 aliphatic heterocycles. The normalized spacial score (nSPS) is 14.7. The molecule has 0 aromatic heterocycles. The van der Waals surface area contributed by atoms with Crippen LogP contribution in [0.4, 0.5) is 0 Å². The van der Waals surface area contributed by atoms with Crippen LogP contribution in [0.2, 0.25) is 0 Å². The van der Waals surface area contributed by atoms with Gasteiger partial charge in [0.05, 0.1) is 0 Å². The second kappa shape index (κ2) is 7.40. The van der Waals surface area contributed by atoms with E-state index in [9.17, 15) is 0 Å². The summed E-state index contributed by atoms with van der Waals surface area (Å²) in [4.78, 5) is 0. The number of hydrogen-bond acceptors (Lipinski definition) is 3. The summed E-state index contributed by atoms with van der Waals surface area (Å²) in [5, 5.41) is 0. The first kappa shape index (κ1) is 20.8. The third-order valence-corrected chi connectivity index (χ3v) is 5.29. The van der Waals surface area contributed by atoms with Crippen molar-refractivity contribution >= 4 is 21.3 Å². The molecule has 3 nitrogen and oxygen atoms in total. The van der Waals surface area contributed by atoms with Gasteiger partial charge in [0.25, 0.3) is 0 Å². The molecule has 0 amide bonds. The summed E-state index contributed by atoms with van der Waals surface area (Å²) in [6.07, 6.45) is -2.38. The van der Waals surface area contributed by atoms with Gasteiger partial charge in [0.15, 0.2) is 0 Å². The first-order valence-corrected chi connectivity index (χ1v) is 10.9. The van der Waals surface area contributed by atoms with Crippen molar-refractivity contribution in [1.82, 2.24) is 0 Å². The summed E-state index contributed by atoms with van der Waals surface area (Å²) < 4.78 is 18.0. The number of rotatable bonds is 6. The second-order valence-electron chi connectivity index (χ2n) is 8.95. The van der Waals surface area contributed by atoms with E-state index in [1.54, 1.807) is 0 Å². The van der Waals surface area contributed by atoms with E-state index < -0.39 is 6.19 Å². The van der Waals surface area contributed by atoms with E-state index in [0.717, 1.165) is 0 Å². The van der Waals surface area contributed by atoms with E-state index in [1.165, 1.54) is 0 Å². The van der Waals surface area contributed by atoms with Crippen molar-refractivity contribution < 1.29 is 13.6 Å². The van der Waals surface area contributed by atoms with Crippen LogP contribution >= 0.6 is 6.19 Å². The molecule has 0 fully saturated rings. The van der Waals surface area contributed by atoms with Gasteiger partial charge in [0, 0.05) is 0 Å². The minimum atomic E-state index is -2.38. The Morgan fingerprint density at radius 2 is 0.800 bits per heavy atom. The van der Waals surface area contributed by atoms with Crippen molar-refractivity contribution in [3.63, 3.8) is 0 Å². The minimum absolute atomic E-state index is 0.0886. The van der Waals surface area contributed by atoms with Gasteiger partial charge >= 0.3 is 133 Å². The van der Waals surface area contributed by atoms with Crippen LogP contribution in [-0.4, -0.2) is 34.9 Å². The molecule has 0 heterocycles. The van der Waals surface area contributed by atoms with E-state index in [2.05, 4.69) is 77.4 Å². The van der Waals surface area contributed by atoms with Gasteiger partial charge in [-0.05, 0) is 0 Å². The molecule has 5 heteroatoms. The van der Waals surface area contributed by atoms with E-state index in [0.29, 0.717) is 19.8 Å². The topological polar surface area (TPSA) is 27.7 Å². The van der Waals surface area contributed by atoms with Crippen molar-refractivity contribution in [2.45, 2.75) is 62.3 Å². The summed E-state index contributed by atoms with van der Waals surface area (Å²) in [5.74, 6) is 0. The van der Waals surface area contributed by atoms with E-state index in [1.807, 2.05) is 0 Å². The molecule has 0 aliphatic carbocycles. The average molecular weight is 371 g/mol. The Hall–Kier alpha value is 0.829. The first-order chi connectivity index (χ1) is 8.62. The molecule has 122 valence electrons. The van der Waals surface area contributed by atoms with Gasteiger partial charge in [-0.3, -0.25) is 0 Å². The fourth-order valence-corrected chi connectivity index (χ4v) is 3.78. The van der Waals surface area contributed by atoms with Crippen LogP contribution in [0.3, 0.4) is 0 Å². The average Bonchev–Trinajstić information content (AvgIpc) is 2.18. The first-order valence-electron chi connectivity index (χ1n) is 7.16. The van der Waals surface area contributed by atoms with Crippen molar-refractivity contribution in [3.8, 4) is 0 Å². The fraction of sp³-hybridized carbons (Fsp3) is 1.00. The van der Waals surface area contributed by atoms with Gasteiger partial charge in [-0.1, -0.05) is 0 Å². The third-order valence-electron chi connectivity index (χ3n) is 1.97. The second-order valence-corrected chi connectivity index (χ2v) is 13.4. The van der Waals surface area contributed by atoms with Gasteiger partial charge in [0.2, 0.25) is 0 Å². The molecule has 0 aliphatic rings. The molecular formula is C15H33O3PSe. The van der Waals surface area contributed by atoms with Crippen LogP contribution in [0.1, 0.15) is 62.3 Å². The molecule has 0 spiro atoms. The molecular weight excluding hydrogens is 338 g/mol. The molecule has 0 rings (SSSR count).